The second kappa shape index (κ2) is 4.58. The van der Waals surface area contributed by atoms with Crippen molar-refractivity contribution in [1.29, 1.82) is 0 Å². The van der Waals surface area contributed by atoms with Gasteiger partial charge < -0.3 is 9.25 Å². The van der Waals surface area contributed by atoms with Crippen LogP contribution in [-0.2, 0) is 15.8 Å². The van der Waals surface area contributed by atoms with Crippen LogP contribution in [0.2, 0.25) is 0 Å². The van der Waals surface area contributed by atoms with Gasteiger partial charge in [0, 0.05) is 0 Å². The first-order valence-electron chi connectivity index (χ1n) is 4.98. The van der Waals surface area contributed by atoms with Crippen LogP contribution in [-0.4, -0.2) is 13.6 Å². The van der Waals surface area contributed by atoms with Gasteiger partial charge in [-0.2, -0.15) is 0 Å². The van der Waals surface area contributed by atoms with Crippen LogP contribution in [0.4, 0.5) is 5.82 Å². The van der Waals surface area contributed by atoms with Gasteiger partial charge in [0.25, 0.3) is 0 Å². The monoisotopic (exact) mass is 251 g/mol. The van der Waals surface area contributed by atoms with Crippen molar-refractivity contribution in [3.63, 3.8) is 0 Å². The number of aryl methyl sites for hydroxylation is 1. The third-order valence-corrected chi connectivity index (χ3v) is 3.20. The van der Waals surface area contributed by atoms with Crippen LogP contribution >= 0.6 is 0 Å². The number of hydrogen-bond donors (Lipinski definition) is 0. The molecule has 0 saturated heterocycles. The van der Waals surface area contributed by atoms with Gasteiger partial charge in [-0.25, -0.2) is 8.42 Å². The second-order valence-corrected chi connectivity index (χ2v) is 5.23. The second-order valence-electron chi connectivity index (χ2n) is 3.60. The van der Waals surface area contributed by atoms with E-state index in [1.807, 2.05) is 6.07 Å². The molecule has 0 aliphatic carbocycles. The molecule has 0 amide bonds. The van der Waals surface area contributed by atoms with E-state index in [1.54, 1.807) is 31.2 Å². The standard InChI is InChI=1S/C11H11N2O3S/c1-9-7-11(12-16-9)13-17(14,15)8-10-5-3-2-4-6-10/h2-7H,8H2,1H3/q-1. The topological polar surface area (TPSA) is 74.3 Å². The molecule has 0 radical (unpaired) electrons. The summed E-state index contributed by atoms with van der Waals surface area (Å²) in [7, 11) is -3.57. The molecule has 0 bridgehead atoms. The summed E-state index contributed by atoms with van der Waals surface area (Å²) >= 11 is 0. The highest BCUT2D eigenvalue weighted by molar-refractivity contribution is 7.93. The van der Waals surface area contributed by atoms with E-state index in [4.69, 9.17) is 4.52 Å². The third-order valence-electron chi connectivity index (χ3n) is 2.04. The molecule has 0 spiro atoms. The predicted octanol–water partition coefficient (Wildman–Crippen LogP) is 2.52. The number of nitrogens with zero attached hydrogens (tertiary/aromatic N) is 2. The molecule has 5 nitrogen and oxygen atoms in total. The van der Waals surface area contributed by atoms with E-state index in [-0.39, 0.29) is 11.6 Å². The van der Waals surface area contributed by atoms with Crippen molar-refractivity contribution in [2.45, 2.75) is 12.7 Å². The fourth-order valence-corrected chi connectivity index (χ4v) is 2.41. The van der Waals surface area contributed by atoms with E-state index < -0.39 is 10.0 Å². The number of sulfonamides is 1. The van der Waals surface area contributed by atoms with Crippen molar-refractivity contribution in [2.24, 2.45) is 0 Å². The van der Waals surface area contributed by atoms with Gasteiger partial charge in [-0.15, -0.1) is 0 Å². The molecule has 1 heterocycles. The Hall–Kier alpha value is -1.82. The molecule has 2 rings (SSSR count). The molecule has 0 unspecified atom stereocenters. The summed E-state index contributed by atoms with van der Waals surface area (Å²) in [4.78, 5) is 0. The summed E-state index contributed by atoms with van der Waals surface area (Å²) < 4.78 is 31.8. The number of benzene rings is 1. The van der Waals surface area contributed by atoms with Crippen LogP contribution in [0.15, 0.2) is 40.9 Å². The van der Waals surface area contributed by atoms with Crippen LogP contribution in [0.1, 0.15) is 11.3 Å². The summed E-state index contributed by atoms with van der Waals surface area (Å²) in [5.74, 6) is 0.469. The Labute approximate surface area is 99.5 Å². The van der Waals surface area contributed by atoms with Crippen molar-refractivity contribution in [2.75, 3.05) is 0 Å². The Morgan fingerprint density at radius 1 is 1.29 bits per heavy atom. The quantitative estimate of drug-likeness (QED) is 0.836. The minimum Gasteiger partial charge on any atom is -0.460 e. The van der Waals surface area contributed by atoms with E-state index in [0.29, 0.717) is 11.3 Å². The average Bonchev–Trinajstić information content (AvgIpc) is 2.63. The third kappa shape index (κ3) is 3.32. The molecule has 1 aromatic carbocycles. The molecule has 0 aliphatic rings. The van der Waals surface area contributed by atoms with Gasteiger partial charge in [0.2, 0.25) is 0 Å². The highest BCUT2D eigenvalue weighted by Gasteiger charge is 2.07. The predicted molar refractivity (Wildman–Crippen MR) is 63.3 cm³/mol. The Bertz CT molecular complexity index is 590. The maximum Gasteiger partial charge on any atom is 0.177 e. The van der Waals surface area contributed by atoms with E-state index >= 15 is 0 Å². The van der Waals surface area contributed by atoms with Gasteiger partial charge in [0.15, 0.2) is 10.0 Å². The van der Waals surface area contributed by atoms with E-state index in [0.717, 1.165) is 0 Å². The molecule has 2 aromatic rings. The zero-order valence-corrected chi connectivity index (χ0v) is 10.0. The lowest BCUT2D eigenvalue weighted by Crippen LogP contribution is -2.00. The number of rotatable bonds is 4. The van der Waals surface area contributed by atoms with Crippen LogP contribution in [0.25, 0.3) is 4.72 Å². The van der Waals surface area contributed by atoms with Crippen LogP contribution in [0.3, 0.4) is 0 Å². The normalized spacial score (nSPS) is 11.4. The first-order chi connectivity index (χ1) is 8.05. The number of aromatic nitrogens is 1. The molecular formula is C11H11N2O3S-. The highest BCUT2D eigenvalue weighted by Crippen LogP contribution is 2.23. The fraction of sp³-hybridized carbons (Fsp3) is 0.182. The van der Waals surface area contributed by atoms with E-state index in [1.165, 1.54) is 6.07 Å². The minimum absolute atomic E-state index is 0.0819. The van der Waals surface area contributed by atoms with Crippen LogP contribution < -0.4 is 0 Å². The van der Waals surface area contributed by atoms with Gasteiger partial charge in [-0.1, -0.05) is 30.3 Å². The molecule has 0 fully saturated rings. The molecule has 6 heteroatoms. The van der Waals surface area contributed by atoms with Gasteiger partial charge in [0.05, 0.1) is 5.75 Å². The maximum absolute atomic E-state index is 11.7. The van der Waals surface area contributed by atoms with Gasteiger partial charge in [-0.3, -0.25) is 5.16 Å². The first kappa shape index (κ1) is 11.7. The molecule has 17 heavy (non-hydrogen) atoms. The summed E-state index contributed by atoms with van der Waals surface area (Å²) in [5, 5.41) is 3.52. The van der Waals surface area contributed by atoms with Crippen molar-refractivity contribution in [3.05, 3.63) is 52.4 Å². The number of hydrogen-bond acceptors (Lipinski definition) is 4. The highest BCUT2D eigenvalue weighted by atomic mass is 32.2. The minimum atomic E-state index is -3.57. The molecule has 0 N–H and O–H groups in total. The maximum atomic E-state index is 11.7. The Morgan fingerprint density at radius 3 is 2.59 bits per heavy atom. The Balaban J connectivity index is 2.10. The first-order valence-corrected chi connectivity index (χ1v) is 6.59. The summed E-state index contributed by atoms with van der Waals surface area (Å²) in [6.45, 7) is 1.68. The van der Waals surface area contributed by atoms with Crippen molar-refractivity contribution in [1.82, 2.24) is 5.16 Å². The van der Waals surface area contributed by atoms with Crippen LogP contribution in [0.5, 0.6) is 0 Å². The van der Waals surface area contributed by atoms with Crippen LogP contribution in [0, 0.1) is 6.92 Å². The lowest BCUT2D eigenvalue weighted by atomic mass is 10.2. The smallest absolute Gasteiger partial charge is 0.177 e. The van der Waals surface area contributed by atoms with Crippen molar-refractivity contribution >= 4 is 15.8 Å². The van der Waals surface area contributed by atoms with Gasteiger partial charge in [-0.05, 0) is 24.4 Å². The molecule has 1 aromatic heterocycles. The van der Waals surface area contributed by atoms with E-state index in [2.05, 4.69) is 9.88 Å². The lowest BCUT2D eigenvalue weighted by molar-refractivity contribution is 0.401. The molecule has 90 valence electrons. The van der Waals surface area contributed by atoms with Crippen molar-refractivity contribution in [3.8, 4) is 0 Å². The molecule has 0 saturated carbocycles. The average molecular weight is 251 g/mol. The largest absolute Gasteiger partial charge is 0.460 e. The zero-order chi connectivity index (χ0) is 12.3. The summed E-state index contributed by atoms with van der Waals surface area (Å²) in [6.07, 6.45) is 0. The SMILES string of the molecule is Cc1cc([N-]S(=O)(=O)Cc2ccccc2)no1. The zero-order valence-electron chi connectivity index (χ0n) is 9.20. The fourth-order valence-electron chi connectivity index (χ4n) is 1.36. The van der Waals surface area contributed by atoms with Gasteiger partial charge in [0.1, 0.15) is 5.76 Å². The van der Waals surface area contributed by atoms with Gasteiger partial charge >= 0.3 is 0 Å². The summed E-state index contributed by atoms with van der Waals surface area (Å²) in [6, 6.07) is 10.3. The Kier molecular flexibility index (Phi) is 3.14. The molecule has 0 atom stereocenters. The Morgan fingerprint density at radius 2 is 2.00 bits per heavy atom. The summed E-state index contributed by atoms with van der Waals surface area (Å²) in [5.41, 5.74) is 0.691. The lowest BCUT2D eigenvalue weighted by Gasteiger charge is -2.10. The van der Waals surface area contributed by atoms with E-state index in [9.17, 15) is 8.42 Å². The molecular weight excluding hydrogens is 240 g/mol. The van der Waals surface area contributed by atoms with Crippen molar-refractivity contribution < 1.29 is 12.9 Å². The molecule has 0 aliphatic heterocycles.